The fraction of sp³-hybridized carbons (Fsp3) is 0.294. The summed E-state index contributed by atoms with van der Waals surface area (Å²) >= 11 is 1.56. The van der Waals surface area contributed by atoms with Gasteiger partial charge in [-0.3, -0.25) is 9.59 Å². The number of hydrogen-bond donors (Lipinski definition) is 2. The molecule has 2 rings (SSSR count). The molecule has 0 aliphatic carbocycles. The second-order valence-electron chi connectivity index (χ2n) is 5.50. The molecule has 2 aromatic rings. The summed E-state index contributed by atoms with van der Waals surface area (Å²) < 4.78 is 12.9. The first kappa shape index (κ1) is 17.1. The Bertz CT molecular complexity index is 654. The summed E-state index contributed by atoms with van der Waals surface area (Å²) in [6, 6.07) is 8.44. The van der Waals surface area contributed by atoms with Gasteiger partial charge in [-0.25, -0.2) is 4.39 Å². The molecule has 0 fully saturated rings. The van der Waals surface area contributed by atoms with E-state index in [1.807, 2.05) is 31.4 Å². The number of rotatable bonds is 6. The van der Waals surface area contributed by atoms with Crippen molar-refractivity contribution in [3.63, 3.8) is 0 Å². The van der Waals surface area contributed by atoms with Crippen LogP contribution in [-0.4, -0.2) is 17.9 Å². The number of thiophene rings is 1. The summed E-state index contributed by atoms with van der Waals surface area (Å²) in [5.41, 5.74) is 0.322. The van der Waals surface area contributed by atoms with Crippen LogP contribution < -0.4 is 10.6 Å². The number of nitrogens with one attached hydrogen (secondary N) is 2. The van der Waals surface area contributed by atoms with Gasteiger partial charge in [0, 0.05) is 10.4 Å². The van der Waals surface area contributed by atoms with Crippen LogP contribution in [-0.2, 0) is 11.3 Å². The van der Waals surface area contributed by atoms with Crippen LogP contribution in [0.4, 0.5) is 4.39 Å². The predicted octanol–water partition coefficient (Wildman–Crippen LogP) is 2.96. The van der Waals surface area contributed by atoms with Gasteiger partial charge in [0.25, 0.3) is 5.91 Å². The highest BCUT2D eigenvalue weighted by atomic mass is 32.1. The molecule has 1 unspecified atom stereocenters. The molecule has 0 aliphatic heterocycles. The number of amides is 2. The third kappa shape index (κ3) is 4.89. The Morgan fingerprint density at radius 3 is 2.43 bits per heavy atom. The lowest BCUT2D eigenvalue weighted by Crippen LogP contribution is -2.49. The number of benzene rings is 1. The quantitative estimate of drug-likeness (QED) is 0.853. The first-order valence-electron chi connectivity index (χ1n) is 7.34. The zero-order valence-corrected chi connectivity index (χ0v) is 13.8. The smallest absolute Gasteiger partial charge is 0.251 e. The minimum atomic E-state index is -0.646. The molecule has 1 aromatic carbocycles. The Kier molecular flexibility index (Phi) is 5.87. The fourth-order valence-electron chi connectivity index (χ4n) is 2.06. The van der Waals surface area contributed by atoms with E-state index < -0.39 is 17.8 Å². The molecule has 0 saturated carbocycles. The van der Waals surface area contributed by atoms with Crippen molar-refractivity contribution in [2.45, 2.75) is 26.4 Å². The molecule has 0 bridgehead atoms. The van der Waals surface area contributed by atoms with Gasteiger partial charge in [-0.15, -0.1) is 11.3 Å². The van der Waals surface area contributed by atoms with Gasteiger partial charge in [0.05, 0.1) is 6.54 Å². The summed E-state index contributed by atoms with van der Waals surface area (Å²) in [5.74, 6) is -1.10. The Morgan fingerprint density at radius 1 is 1.17 bits per heavy atom. The van der Waals surface area contributed by atoms with E-state index in [9.17, 15) is 14.0 Å². The van der Waals surface area contributed by atoms with Gasteiger partial charge in [0.2, 0.25) is 5.91 Å². The van der Waals surface area contributed by atoms with Crippen molar-refractivity contribution in [3.05, 3.63) is 58.0 Å². The van der Waals surface area contributed by atoms with Crippen LogP contribution in [0.2, 0.25) is 0 Å². The molecule has 1 aromatic heterocycles. The monoisotopic (exact) mass is 334 g/mol. The lowest BCUT2D eigenvalue weighted by Gasteiger charge is -2.21. The SMILES string of the molecule is CC(C)C(NC(=O)c1ccc(F)cc1)C(=O)NCc1cccs1. The zero-order chi connectivity index (χ0) is 16.8. The largest absolute Gasteiger partial charge is 0.349 e. The van der Waals surface area contributed by atoms with Crippen molar-refractivity contribution in [1.82, 2.24) is 10.6 Å². The molecule has 2 N–H and O–H groups in total. The van der Waals surface area contributed by atoms with Crippen molar-refractivity contribution in [2.24, 2.45) is 5.92 Å². The highest BCUT2D eigenvalue weighted by Crippen LogP contribution is 2.09. The molecule has 122 valence electrons. The first-order chi connectivity index (χ1) is 11.0. The number of carbonyl (C=O) groups is 2. The Balaban J connectivity index is 1.98. The van der Waals surface area contributed by atoms with Crippen molar-refractivity contribution in [1.29, 1.82) is 0 Å². The van der Waals surface area contributed by atoms with Gasteiger partial charge >= 0.3 is 0 Å². The Morgan fingerprint density at radius 2 is 1.87 bits per heavy atom. The normalized spacial score (nSPS) is 12.0. The molecular formula is C17H19FN2O2S. The van der Waals surface area contributed by atoms with Gasteiger partial charge in [0.15, 0.2) is 0 Å². The minimum absolute atomic E-state index is 0.0669. The van der Waals surface area contributed by atoms with E-state index in [1.165, 1.54) is 24.3 Å². The Labute approximate surface area is 138 Å². The number of hydrogen-bond acceptors (Lipinski definition) is 3. The van der Waals surface area contributed by atoms with E-state index in [0.29, 0.717) is 12.1 Å². The van der Waals surface area contributed by atoms with Gasteiger partial charge in [-0.2, -0.15) is 0 Å². The van der Waals surface area contributed by atoms with Crippen LogP contribution in [0.15, 0.2) is 41.8 Å². The zero-order valence-electron chi connectivity index (χ0n) is 13.0. The molecule has 6 heteroatoms. The van der Waals surface area contributed by atoms with E-state index >= 15 is 0 Å². The Hall–Kier alpha value is -2.21. The van der Waals surface area contributed by atoms with Gasteiger partial charge in [-0.1, -0.05) is 19.9 Å². The van der Waals surface area contributed by atoms with Crippen LogP contribution in [0, 0.1) is 11.7 Å². The highest BCUT2D eigenvalue weighted by Gasteiger charge is 2.24. The van der Waals surface area contributed by atoms with Crippen LogP contribution in [0.3, 0.4) is 0 Å². The lowest BCUT2D eigenvalue weighted by molar-refractivity contribution is -0.124. The van der Waals surface area contributed by atoms with Crippen LogP contribution >= 0.6 is 11.3 Å². The molecule has 0 spiro atoms. The van der Waals surface area contributed by atoms with Gasteiger partial charge < -0.3 is 10.6 Å². The highest BCUT2D eigenvalue weighted by molar-refractivity contribution is 7.09. The van der Waals surface area contributed by atoms with Gasteiger partial charge in [0.1, 0.15) is 11.9 Å². The van der Waals surface area contributed by atoms with Crippen molar-refractivity contribution < 1.29 is 14.0 Å². The molecule has 2 amide bonds. The molecule has 23 heavy (non-hydrogen) atoms. The third-order valence-electron chi connectivity index (χ3n) is 3.36. The molecule has 0 saturated heterocycles. The summed E-state index contributed by atoms with van der Waals surface area (Å²) in [6.07, 6.45) is 0. The second-order valence-corrected chi connectivity index (χ2v) is 6.53. The summed E-state index contributed by atoms with van der Waals surface area (Å²) in [4.78, 5) is 25.6. The van der Waals surface area contributed by atoms with Crippen molar-refractivity contribution in [3.8, 4) is 0 Å². The van der Waals surface area contributed by atoms with E-state index in [2.05, 4.69) is 10.6 Å². The number of carbonyl (C=O) groups excluding carboxylic acids is 2. The molecule has 0 aliphatic rings. The van der Waals surface area contributed by atoms with Crippen LogP contribution in [0.25, 0.3) is 0 Å². The maximum atomic E-state index is 12.9. The standard InChI is InChI=1S/C17H19FN2O2S/c1-11(2)15(17(22)19-10-14-4-3-9-23-14)20-16(21)12-5-7-13(18)8-6-12/h3-9,11,15H,10H2,1-2H3,(H,19,22)(H,20,21). The summed E-state index contributed by atoms with van der Waals surface area (Å²) in [7, 11) is 0. The molecule has 4 nitrogen and oxygen atoms in total. The first-order valence-corrected chi connectivity index (χ1v) is 8.22. The van der Waals surface area contributed by atoms with E-state index in [4.69, 9.17) is 0 Å². The summed E-state index contributed by atoms with van der Waals surface area (Å²) in [5, 5.41) is 7.48. The minimum Gasteiger partial charge on any atom is -0.349 e. The van der Waals surface area contributed by atoms with Crippen LogP contribution in [0.5, 0.6) is 0 Å². The maximum Gasteiger partial charge on any atom is 0.251 e. The number of halogens is 1. The molecule has 1 heterocycles. The van der Waals surface area contributed by atoms with E-state index in [1.54, 1.807) is 11.3 Å². The topological polar surface area (TPSA) is 58.2 Å². The average molecular weight is 334 g/mol. The molecule has 0 radical (unpaired) electrons. The molecule has 1 atom stereocenters. The predicted molar refractivity (Wildman–Crippen MR) is 88.7 cm³/mol. The van der Waals surface area contributed by atoms with Crippen LogP contribution in [0.1, 0.15) is 29.1 Å². The average Bonchev–Trinajstić information content (AvgIpc) is 3.03. The maximum absolute atomic E-state index is 12.9. The second kappa shape index (κ2) is 7.87. The van der Waals surface area contributed by atoms with Crippen molar-refractivity contribution >= 4 is 23.2 Å². The fourth-order valence-corrected chi connectivity index (χ4v) is 2.70. The van der Waals surface area contributed by atoms with E-state index in [0.717, 1.165) is 4.88 Å². The lowest BCUT2D eigenvalue weighted by atomic mass is 10.0. The van der Waals surface area contributed by atoms with Crippen molar-refractivity contribution in [2.75, 3.05) is 0 Å². The molecular weight excluding hydrogens is 315 g/mol. The third-order valence-corrected chi connectivity index (χ3v) is 4.24. The van der Waals surface area contributed by atoms with E-state index in [-0.39, 0.29) is 11.8 Å². The van der Waals surface area contributed by atoms with Gasteiger partial charge in [-0.05, 0) is 41.6 Å². The summed E-state index contributed by atoms with van der Waals surface area (Å²) in [6.45, 7) is 4.16.